The van der Waals surface area contributed by atoms with Gasteiger partial charge in [-0.3, -0.25) is 5.01 Å². The van der Waals surface area contributed by atoms with Gasteiger partial charge in [-0.15, -0.1) is 0 Å². The van der Waals surface area contributed by atoms with E-state index in [-0.39, 0.29) is 5.88 Å². The van der Waals surface area contributed by atoms with Gasteiger partial charge in [0.2, 0.25) is 5.88 Å². The van der Waals surface area contributed by atoms with Crippen molar-refractivity contribution in [3.8, 4) is 5.88 Å². The maximum Gasteiger partial charge on any atom is 0.250 e. The standard InChI is InChI=1S/C8H10FN3O/c1-10-12(2)6-4-7(9)8(13-3)11-5-6/h4-5H,1H2,2-3H3. The third-order valence-corrected chi connectivity index (χ3v) is 1.57. The molecule has 0 saturated heterocycles. The van der Waals surface area contributed by atoms with Crippen molar-refractivity contribution in [2.24, 2.45) is 5.10 Å². The van der Waals surface area contributed by atoms with Gasteiger partial charge in [0.15, 0.2) is 5.82 Å². The SMILES string of the molecule is C=NN(C)c1cnc(OC)c(F)c1. The van der Waals surface area contributed by atoms with Crippen LogP contribution >= 0.6 is 0 Å². The van der Waals surface area contributed by atoms with Crippen molar-refractivity contribution in [2.75, 3.05) is 19.2 Å². The van der Waals surface area contributed by atoms with Gasteiger partial charge in [0.1, 0.15) is 0 Å². The first-order valence-electron chi connectivity index (χ1n) is 3.59. The van der Waals surface area contributed by atoms with E-state index in [0.29, 0.717) is 5.69 Å². The Morgan fingerprint density at radius 2 is 2.38 bits per heavy atom. The first-order valence-corrected chi connectivity index (χ1v) is 3.59. The minimum Gasteiger partial charge on any atom is -0.479 e. The highest BCUT2D eigenvalue weighted by Gasteiger charge is 2.06. The fraction of sp³-hybridized carbons (Fsp3) is 0.250. The molecule has 4 nitrogen and oxygen atoms in total. The van der Waals surface area contributed by atoms with Gasteiger partial charge in [0.05, 0.1) is 19.0 Å². The first-order chi connectivity index (χ1) is 6.19. The van der Waals surface area contributed by atoms with Crippen LogP contribution in [0.4, 0.5) is 10.1 Å². The van der Waals surface area contributed by atoms with Gasteiger partial charge in [-0.05, 0) is 0 Å². The number of hydrogen-bond acceptors (Lipinski definition) is 4. The number of ether oxygens (including phenoxy) is 1. The molecule has 0 fully saturated rings. The van der Waals surface area contributed by atoms with Crippen LogP contribution in [0.1, 0.15) is 0 Å². The van der Waals surface area contributed by atoms with E-state index in [9.17, 15) is 4.39 Å². The molecule has 0 bridgehead atoms. The van der Waals surface area contributed by atoms with E-state index >= 15 is 0 Å². The Bertz CT molecular complexity index is 316. The second-order valence-electron chi connectivity index (χ2n) is 2.35. The van der Waals surface area contributed by atoms with Crippen LogP contribution in [0.3, 0.4) is 0 Å². The summed E-state index contributed by atoms with van der Waals surface area (Å²) in [5.41, 5.74) is 0.522. The molecule has 1 heterocycles. The molecule has 1 aromatic heterocycles. The summed E-state index contributed by atoms with van der Waals surface area (Å²) in [6, 6.07) is 1.28. The molecule has 0 saturated carbocycles. The van der Waals surface area contributed by atoms with Crippen LogP contribution in [0.2, 0.25) is 0 Å². The van der Waals surface area contributed by atoms with E-state index in [0.717, 1.165) is 0 Å². The lowest BCUT2D eigenvalue weighted by Gasteiger charge is -2.11. The Morgan fingerprint density at radius 1 is 1.69 bits per heavy atom. The molecule has 0 unspecified atom stereocenters. The topological polar surface area (TPSA) is 37.7 Å². The Hall–Kier alpha value is -1.65. The molecule has 0 N–H and O–H groups in total. The van der Waals surface area contributed by atoms with Crippen LogP contribution in [-0.4, -0.2) is 25.9 Å². The molecular formula is C8H10FN3O. The van der Waals surface area contributed by atoms with Crippen molar-refractivity contribution >= 4 is 12.4 Å². The number of hydrazone groups is 1. The minimum absolute atomic E-state index is 0.0267. The van der Waals surface area contributed by atoms with Gasteiger partial charge in [-0.2, -0.15) is 5.10 Å². The van der Waals surface area contributed by atoms with Crippen molar-refractivity contribution in [1.29, 1.82) is 0 Å². The summed E-state index contributed by atoms with van der Waals surface area (Å²) < 4.78 is 17.7. The molecular weight excluding hydrogens is 173 g/mol. The Labute approximate surface area is 75.7 Å². The molecule has 13 heavy (non-hydrogen) atoms. The van der Waals surface area contributed by atoms with Gasteiger partial charge in [-0.1, -0.05) is 0 Å². The average Bonchev–Trinajstić information content (AvgIpc) is 2.16. The number of anilines is 1. The van der Waals surface area contributed by atoms with E-state index in [1.54, 1.807) is 7.05 Å². The van der Waals surface area contributed by atoms with Crippen molar-refractivity contribution in [3.63, 3.8) is 0 Å². The van der Waals surface area contributed by atoms with Crippen LogP contribution in [0.15, 0.2) is 17.4 Å². The number of pyridine rings is 1. The fourth-order valence-corrected chi connectivity index (χ4v) is 0.824. The molecule has 0 atom stereocenters. The summed E-state index contributed by atoms with van der Waals surface area (Å²) in [7, 11) is 3.01. The van der Waals surface area contributed by atoms with E-state index in [1.807, 2.05) is 0 Å². The van der Waals surface area contributed by atoms with Crippen LogP contribution in [0, 0.1) is 5.82 Å². The summed E-state index contributed by atoms with van der Waals surface area (Å²) in [6.07, 6.45) is 1.45. The van der Waals surface area contributed by atoms with Crippen molar-refractivity contribution in [1.82, 2.24) is 4.98 Å². The van der Waals surface area contributed by atoms with Crippen molar-refractivity contribution < 1.29 is 9.13 Å². The summed E-state index contributed by atoms with van der Waals surface area (Å²) >= 11 is 0. The lowest BCUT2D eigenvalue weighted by Crippen LogP contribution is -2.08. The highest BCUT2D eigenvalue weighted by Crippen LogP contribution is 2.19. The van der Waals surface area contributed by atoms with Crippen LogP contribution in [0.5, 0.6) is 5.88 Å². The third-order valence-electron chi connectivity index (χ3n) is 1.57. The maximum absolute atomic E-state index is 13.1. The van der Waals surface area contributed by atoms with Gasteiger partial charge in [0, 0.05) is 19.8 Å². The second-order valence-corrected chi connectivity index (χ2v) is 2.35. The molecule has 0 amide bonds. The van der Waals surface area contributed by atoms with E-state index in [4.69, 9.17) is 0 Å². The van der Waals surface area contributed by atoms with Crippen molar-refractivity contribution in [2.45, 2.75) is 0 Å². The highest BCUT2D eigenvalue weighted by molar-refractivity contribution is 5.46. The maximum atomic E-state index is 13.1. The Balaban J connectivity index is 3.02. The van der Waals surface area contributed by atoms with Gasteiger partial charge >= 0.3 is 0 Å². The third kappa shape index (κ3) is 1.93. The normalized spacial score (nSPS) is 9.46. The zero-order chi connectivity index (χ0) is 9.84. The number of halogens is 1. The monoisotopic (exact) mass is 183 g/mol. The smallest absolute Gasteiger partial charge is 0.250 e. The van der Waals surface area contributed by atoms with Crippen LogP contribution < -0.4 is 9.75 Å². The number of rotatable bonds is 3. The summed E-state index contributed by atoms with van der Waals surface area (Å²) in [4.78, 5) is 3.74. The van der Waals surface area contributed by atoms with Gasteiger partial charge in [-0.25, -0.2) is 9.37 Å². The second kappa shape index (κ2) is 3.84. The first kappa shape index (κ1) is 9.44. The predicted molar refractivity (Wildman–Crippen MR) is 48.7 cm³/mol. The molecule has 0 spiro atoms. The molecule has 5 heteroatoms. The van der Waals surface area contributed by atoms with E-state index in [1.165, 1.54) is 24.4 Å². The number of nitrogens with zero attached hydrogens (tertiary/aromatic N) is 3. The predicted octanol–water partition coefficient (Wildman–Crippen LogP) is 1.28. The van der Waals surface area contributed by atoms with Gasteiger partial charge < -0.3 is 4.74 Å². The minimum atomic E-state index is -0.518. The summed E-state index contributed by atoms with van der Waals surface area (Å²) in [5.74, 6) is -0.545. The summed E-state index contributed by atoms with van der Waals surface area (Å²) in [6.45, 7) is 3.30. The molecule has 70 valence electrons. The van der Waals surface area contributed by atoms with Crippen LogP contribution in [-0.2, 0) is 0 Å². The molecule has 0 radical (unpaired) electrons. The quantitative estimate of drug-likeness (QED) is 0.523. The largest absolute Gasteiger partial charge is 0.479 e. The lowest BCUT2D eigenvalue weighted by molar-refractivity contribution is 0.369. The van der Waals surface area contributed by atoms with Crippen molar-refractivity contribution in [3.05, 3.63) is 18.1 Å². The van der Waals surface area contributed by atoms with Gasteiger partial charge in [0.25, 0.3) is 0 Å². The molecule has 1 rings (SSSR count). The van der Waals surface area contributed by atoms with E-state index in [2.05, 4.69) is 21.5 Å². The number of aromatic nitrogens is 1. The summed E-state index contributed by atoms with van der Waals surface area (Å²) in [5, 5.41) is 5.00. The average molecular weight is 183 g/mol. The molecule has 0 aliphatic heterocycles. The number of methoxy groups -OCH3 is 1. The number of hydrogen-bond donors (Lipinski definition) is 0. The Kier molecular flexibility index (Phi) is 2.79. The zero-order valence-corrected chi connectivity index (χ0v) is 7.49. The lowest BCUT2D eigenvalue weighted by atomic mass is 10.4. The molecule has 0 aliphatic rings. The molecule has 0 aliphatic carbocycles. The Morgan fingerprint density at radius 3 is 2.85 bits per heavy atom. The fourth-order valence-electron chi connectivity index (χ4n) is 0.824. The highest BCUT2D eigenvalue weighted by atomic mass is 19.1. The zero-order valence-electron chi connectivity index (χ0n) is 7.49. The molecule has 1 aromatic rings. The van der Waals surface area contributed by atoms with Crippen LogP contribution in [0.25, 0.3) is 0 Å². The molecule has 0 aromatic carbocycles. The van der Waals surface area contributed by atoms with E-state index < -0.39 is 5.82 Å².